The van der Waals surface area contributed by atoms with E-state index in [4.69, 9.17) is 16.3 Å². The van der Waals surface area contributed by atoms with Gasteiger partial charge < -0.3 is 14.6 Å². The number of alkyl halides is 2. The van der Waals surface area contributed by atoms with Gasteiger partial charge in [-0.25, -0.2) is 4.39 Å². The Hall–Kier alpha value is -0.280. The van der Waals surface area contributed by atoms with Gasteiger partial charge in [0.05, 0.1) is 24.8 Å². The molecule has 2 aliphatic carbocycles. The Morgan fingerprint density at radius 3 is 2.59 bits per heavy atom. The van der Waals surface area contributed by atoms with E-state index in [-0.39, 0.29) is 47.7 Å². The Kier molecular flexibility index (Phi) is 9.80. The fraction of sp³-hybridized carbons (Fsp3) is 0.952. The van der Waals surface area contributed by atoms with Crippen LogP contribution < -0.4 is 26.6 Å². The topological polar surface area (TPSA) is 104 Å². The van der Waals surface area contributed by atoms with Gasteiger partial charge in [-0.15, -0.1) is 11.6 Å². The molecule has 3 aliphatic rings. The standard InChI is InChI=1S/C21H40ClFN5O3P/c1-31-17-9-8-13(25-19(29)11-23)10-16(17)27-21-24-12-14(22)20(28-21)26-15-6-4-5-7-18(15)32(2,3)30/h13-18,20-21,24,26-28H,4-12H2,1-3H3,(H,25,29). The van der Waals surface area contributed by atoms with Gasteiger partial charge in [0.25, 0.3) is 5.91 Å². The number of hydrogen-bond donors (Lipinski definition) is 5. The summed E-state index contributed by atoms with van der Waals surface area (Å²) < 4.78 is 31.1. The van der Waals surface area contributed by atoms with E-state index in [2.05, 4.69) is 26.6 Å². The number of amides is 1. The number of halogens is 2. The van der Waals surface area contributed by atoms with Gasteiger partial charge in [-0.2, -0.15) is 0 Å². The van der Waals surface area contributed by atoms with Crippen LogP contribution in [0.5, 0.6) is 0 Å². The molecule has 0 radical (unpaired) electrons. The zero-order valence-corrected chi connectivity index (χ0v) is 21.1. The third-order valence-corrected chi connectivity index (χ3v) is 9.73. The minimum atomic E-state index is -2.20. The monoisotopic (exact) mass is 495 g/mol. The highest BCUT2D eigenvalue weighted by atomic mass is 35.5. The first-order valence-corrected chi connectivity index (χ1v) is 14.9. The van der Waals surface area contributed by atoms with Crippen LogP contribution in [-0.4, -0.2) is 87.3 Å². The van der Waals surface area contributed by atoms with Crippen molar-refractivity contribution in [1.29, 1.82) is 0 Å². The third-order valence-electron chi connectivity index (χ3n) is 7.10. The van der Waals surface area contributed by atoms with E-state index in [1.165, 1.54) is 0 Å². The normalized spacial score (nSPS) is 38.9. The summed E-state index contributed by atoms with van der Waals surface area (Å²) in [4.78, 5) is 11.5. The maximum absolute atomic E-state index is 12.8. The Morgan fingerprint density at radius 1 is 1.16 bits per heavy atom. The minimum absolute atomic E-state index is 0.00560. The molecule has 2 saturated carbocycles. The highest BCUT2D eigenvalue weighted by molar-refractivity contribution is 7.63. The molecule has 0 aromatic heterocycles. The molecule has 8 unspecified atom stereocenters. The van der Waals surface area contributed by atoms with Gasteiger partial charge in [0.1, 0.15) is 6.29 Å². The van der Waals surface area contributed by atoms with Crippen LogP contribution in [0, 0.1) is 0 Å². The second-order valence-corrected chi connectivity index (χ2v) is 13.9. The van der Waals surface area contributed by atoms with Crippen molar-refractivity contribution in [1.82, 2.24) is 26.6 Å². The lowest BCUT2D eigenvalue weighted by molar-refractivity contribution is -0.123. The molecule has 8 atom stereocenters. The molecule has 0 aromatic rings. The van der Waals surface area contributed by atoms with Crippen LogP contribution in [0.2, 0.25) is 0 Å². The maximum Gasteiger partial charge on any atom is 0.251 e. The number of hydrogen-bond acceptors (Lipinski definition) is 7. The van der Waals surface area contributed by atoms with Crippen LogP contribution in [0.3, 0.4) is 0 Å². The lowest BCUT2D eigenvalue weighted by Crippen LogP contribution is -2.72. The lowest BCUT2D eigenvalue weighted by atomic mass is 9.88. The van der Waals surface area contributed by atoms with Crippen molar-refractivity contribution in [2.24, 2.45) is 0 Å². The Bertz CT molecular complexity index is 671. The van der Waals surface area contributed by atoms with Crippen molar-refractivity contribution in [2.75, 3.05) is 33.7 Å². The van der Waals surface area contributed by atoms with Gasteiger partial charge in [0, 0.05) is 37.4 Å². The van der Waals surface area contributed by atoms with Gasteiger partial charge in [0.2, 0.25) is 0 Å². The molecule has 32 heavy (non-hydrogen) atoms. The molecule has 11 heteroatoms. The average Bonchev–Trinajstić information content (AvgIpc) is 2.76. The second kappa shape index (κ2) is 11.9. The average molecular weight is 496 g/mol. The van der Waals surface area contributed by atoms with Crippen LogP contribution in [0.1, 0.15) is 44.9 Å². The van der Waals surface area contributed by atoms with Crippen molar-refractivity contribution in [3.05, 3.63) is 0 Å². The van der Waals surface area contributed by atoms with Crippen LogP contribution in [0.15, 0.2) is 0 Å². The van der Waals surface area contributed by atoms with Crippen molar-refractivity contribution in [3.63, 3.8) is 0 Å². The van der Waals surface area contributed by atoms with Gasteiger partial charge in [-0.05, 0) is 45.4 Å². The van der Waals surface area contributed by atoms with E-state index in [1.807, 2.05) is 13.3 Å². The van der Waals surface area contributed by atoms with E-state index in [9.17, 15) is 13.8 Å². The molecule has 1 amide bonds. The number of methoxy groups -OCH3 is 1. The van der Waals surface area contributed by atoms with E-state index in [0.29, 0.717) is 13.0 Å². The minimum Gasteiger partial charge on any atom is -0.380 e. The molecule has 0 spiro atoms. The maximum atomic E-state index is 12.8. The Labute approximate surface area is 196 Å². The Balaban J connectivity index is 1.59. The van der Waals surface area contributed by atoms with E-state index in [1.54, 1.807) is 7.11 Å². The zero-order valence-electron chi connectivity index (χ0n) is 19.4. The zero-order chi connectivity index (χ0) is 23.3. The molecule has 3 fully saturated rings. The van der Waals surface area contributed by atoms with Gasteiger partial charge in [-0.1, -0.05) is 12.8 Å². The quantitative estimate of drug-likeness (QED) is 0.257. The van der Waals surface area contributed by atoms with Crippen molar-refractivity contribution in [2.45, 2.75) is 92.7 Å². The summed E-state index contributed by atoms with van der Waals surface area (Å²) in [5.74, 6) is -0.570. The van der Waals surface area contributed by atoms with Gasteiger partial charge >= 0.3 is 0 Å². The lowest BCUT2D eigenvalue weighted by Gasteiger charge is -2.44. The molecular formula is C21H40ClFN5O3P. The summed E-state index contributed by atoms with van der Waals surface area (Å²) in [6, 6.07) is 0.0978. The van der Waals surface area contributed by atoms with Crippen molar-refractivity contribution < 1.29 is 18.5 Å². The van der Waals surface area contributed by atoms with Gasteiger partial charge in [0.15, 0.2) is 6.67 Å². The number of carbonyl (C=O) groups excluding carboxylic acids is 1. The van der Waals surface area contributed by atoms with Crippen molar-refractivity contribution >= 4 is 24.7 Å². The summed E-state index contributed by atoms with van der Waals surface area (Å²) in [5.41, 5.74) is 0.180. The van der Waals surface area contributed by atoms with E-state index < -0.39 is 19.7 Å². The summed E-state index contributed by atoms with van der Waals surface area (Å²) >= 11 is 6.63. The Morgan fingerprint density at radius 2 is 1.91 bits per heavy atom. The molecule has 186 valence electrons. The third kappa shape index (κ3) is 7.11. The van der Waals surface area contributed by atoms with E-state index >= 15 is 0 Å². The number of ether oxygens (including phenoxy) is 1. The number of carbonyl (C=O) groups is 1. The molecule has 1 aliphatic heterocycles. The fourth-order valence-electron chi connectivity index (χ4n) is 5.44. The molecule has 8 nitrogen and oxygen atoms in total. The smallest absolute Gasteiger partial charge is 0.251 e. The van der Waals surface area contributed by atoms with E-state index in [0.717, 1.165) is 38.5 Å². The summed E-state index contributed by atoms with van der Waals surface area (Å²) in [6.45, 7) is 3.40. The van der Waals surface area contributed by atoms with Gasteiger partial charge in [-0.3, -0.25) is 26.1 Å². The van der Waals surface area contributed by atoms with Crippen LogP contribution in [0.25, 0.3) is 0 Å². The molecule has 3 rings (SSSR count). The SMILES string of the molecule is COC1CCC(NC(=O)CF)CC1NC1NCC(Cl)C(NC2CCCCC2P(C)(C)=O)N1. The largest absolute Gasteiger partial charge is 0.380 e. The molecule has 5 N–H and O–H groups in total. The summed E-state index contributed by atoms with van der Waals surface area (Å²) in [5, 5.41) is 16.8. The van der Waals surface area contributed by atoms with Crippen LogP contribution in [0.4, 0.5) is 4.39 Å². The first-order valence-electron chi connectivity index (χ1n) is 11.8. The molecule has 0 aromatic carbocycles. The predicted octanol–water partition coefficient (Wildman–Crippen LogP) is 1.53. The number of nitrogens with one attached hydrogen (secondary N) is 5. The van der Waals surface area contributed by atoms with Crippen molar-refractivity contribution in [3.8, 4) is 0 Å². The highest BCUT2D eigenvalue weighted by Gasteiger charge is 2.39. The summed E-state index contributed by atoms with van der Waals surface area (Å²) in [6.07, 6.45) is 6.15. The van der Waals surface area contributed by atoms with Crippen LogP contribution >= 0.6 is 18.7 Å². The predicted molar refractivity (Wildman–Crippen MR) is 126 cm³/mol. The fourth-order valence-corrected chi connectivity index (χ4v) is 7.58. The molecule has 1 heterocycles. The molecule has 0 bridgehead atoms. The molecule has 1 saturated heterocycles. The number of rotatable bonds is 8. The first-order chi connectivity index (χ1) is 15.2. The molecular weight excluding hydrogens is 456 g/mol. The summed E-state index contributed by atoms with van der Waals surface area (Å²) in [7, 11) is -0.513. The second-order valence-electron chi connectivity index (χ2n) is 9.82. The highest BCUT2D eigenvalue weighted by Crippen LogP contribution is 2.49. The van der Waals surface area contributed by atoms with Crippen LogP contribution in [-0.2, 0) is 14.1 Å². The first kappa shape index (κ1) is 26.3.